The number of methoxy groups -OCH3 is 1. The van der Waals surface area contributed by atoms with Crippen molar-refractivity contribution in [3.8, 4) is 5.75 Å². The molecule has 0 atom stereocenters. The molecule has 2 rings (SSSR count). The zero-order valence-corrected chi connectivity index (χ0v) is 8.94. The van der Waals surface area contributed by atoms with Crippen molar-refractivity contribution in [2.75, 3.05) is 7.11 Å². The van der Waals surface area contributed by atoms with Gasteiger partial charge in [0, 0.05) is 17.5 Å². The van der Waals surface area contributed by atoms with Crippen LogP contribution in [0.2, 0.25) is 5.02 Å². The zero-order chi connectivity index (χ0) is 10.3. The van der Waals surface area contributed by atoms with Gasteiger partial charge in [0.25, 0.3) is 0 Å². The van der Waals surface area contributed by atoms with Gasteiger partial charge in [-0.05, 0) is 25.0 Å². The van der Waals surface area contributed by atoms with E-state index >= 15 is 0 Å². The van der Waals surface area contributed by atoms with Crippen molar-refractivity contribution in [2.45, 2.75) is 19.8 Å². The van der Waals surface area contributed by atoms with E-state index in [-0.39, 0.29) is 5.78 Å². The van der Waals surface area contributed by atoms with Crippen LogP contribution < -0.4 is 4.74 Å². The normalized spacial score (nSPS) is 14.4. The molecule has 2 nitrogen and oxygen atoms in total. The molecule has 14 heavy (non-hydrogen) atoms. The summed E-state index contributed by atoms with van der Waals surface area (Å²) in [6.07, 6.45) is 1.33. The topological polar surface area (TPSA) is 26.3 Å². The fraction of sp³-hybridized carbons (Fsp3) is 0.364. The Morgan fingerprint density at radius 3 is 2.79 bits per heavy atom. The van der Waals surface area contributed by atoms with Gasteiger partial charge in [-0.3, -0.25) is 4.79 Å². The van der Waals surface area contributed by atoms with E-state index in [1.165, 1.54) is 0 Å². The predicted octanol–water partition coefficient (Wildman–Crippen LogP) is 2.79. The Morgan fingerprint density at radius 2 is 2.14 bits per heavy atom. The second-order valence-corrected chi connectivity index (χ2v) is 3.85. The van der Waals surface area contributed by atoms with Crippen LogP contribution in [-0.2, 0) is 6.42 Å². The summed E-state index contributed by atoms with van der Waals surface area (Å²) in [5.41, 5.74) is 2.63. The number of fused-ring (bicyclic) bond motifs is 1. The molecule has 0 N–H and O–H groups in total. The number of carbonyl (C=O) groups is 1. The van der Waals surface area contributed by atoms with E-state index in [2.05, 4.69) is 0 Å². The van der Waals surface area contributed by atoms with Crippen LogP contribution in [0.1, 0.15) is 27.9 Å². The maximum absolute atomic E-state index is 11.5. The third-order valence-electron chi connectivity index (χ3n) is 2.69. The Balaban J connectivity index is 2.68. The smallest absolute Gasteiger partial charge is 0.163 e. The van der Waals surface area contributed by atoms with Crippen LogP contribution in [0.5, 0.6) is 5.75 Å². The first-order valence-corrected chi connectivity index (χ1v) is 4.92. The highest BCUT2D eigenvalue weighted by Crippen LogP contribution is 2.36. The molecule has 0 amide bonds. The van der Waals surface area contributed by atoms with Gasteiger partial charge in [0.2, 0.25) is 0 Å². The molecule has 0 fully saturated rings. The molecular formula is C11H11ClO2. The number of ether oxygens (including phenoxy) is 1. The summed E-state index contributed by atoms with van der Waals surface area (Å²) in [6, 6.07) is 1.80. The maximum Gasteiger partial charge on any atom is 0.163 e. The average molecular weight is 211 g/mol. The zero-order valence-electron chi connectivity index (χ0n) is 8.19. The summed E-state index contributed by atoms with van der Waals surface area (Å²) in [7, 11) is 1.59. The summed E-state index contributed by atoms with van der Waals surface area (Å²) in [5.74, 6) is 0.865. The summed E-state index contributed by atoms with van der Waals surface area (Å²) in [4.78, 5) is 11.5. The van der Waals surface area contributed by atoms with Gasteiger partial charge in [-0.2, -0.15) is 0 Å². The van der Waals surface area contributed by atoms with Crippen LogP contribution in [0.25, 0.3) is 0 Å². The number of benzene rings is 1. The molecular weight excluding hydrogens is 200 g/mol. The third kappa shape index (κ3) is 1.22. The SMILES string of the molecule is COc1cc2c(c(Cl)c1C)CCC2=O. The Labute approximate surface area is 87.8 Å². The van der Waals surface area contributed by atoms with E-state index < -0.39 is 0 Å². The van der Waals surface area contributed by atoms with Gasteiger partial charge in [0.05, 0.1) is 12.1 Å². The van der Waals surface area contributed by atoms with Crippen LogP contribution in [0.4, 0.5) is 0 Å². The molecule has 1 aliphatic rings. The van der Waals surface area contributed by atoms with E-state index in [9.17, 15) is 4.79 Å². The molecule has 0 heterocycles. The van der Waals surface area contributed by atoms with Crippen molar-refractivity contribution in [1.29, 1.82) is 0 Å². The number of Topliss-reactive ketones (excluding diaryl/α,β-unsaturated/α-hetero) is 1. The Hall–Kier alpha value is -1.02. The molecule has 1 aromatic rings. The number of ketones is 1. The van der Waals surface area contributed by atoms with Gasteiger partial charge in [-0.25, -0.2) is 0 Å². The monoisotopic (exact) mass is 210 g/mol. The van der Waals surface area contributed by atoms with E-state index in [0.29, 0.717) is 17.2 Å². The van der Waals surface area contributed by atoms with Gasteiger partial charge in [-0.15, -0.1) is 0 Å². The van der Waals surface area contributed by atoms with E-state index in [1.807, 2.05) is 6.92 Å². The van der Waals surface area contributed by atoms with Gasteiger partial charge in [-0.1, -0.05) is 11.6 Å². The highest BCUT2D eigenvalue weighted by atomic mass is 35.5. The molecule has 1 aliphatic carbocycles. The minimum Gasteiger partial charge on any atom is -0.496 e. The fourth-order valence-corrected chi connectivity index (χ4v) is 2.15. The Morgan fingerprint density at radius 1 is 1.43 bits per heavy atom. The lowest BCUT2D eigenvalue weighted by Gasteiger charge is -2.10. The molecule has 0 unspecified atom stereocenters. The second kappa shape index (κ2) is 3.28. The van der Waals surface area contributed by atoms with Crippen molar-refractivity contribution in [3.63, 3.8) is 0 Å². The van der Waals surface area contributed by atoms with Gasteiger partial charge >= 0.3 is 0 Å². The Bertz CT molecular complexity index is 410. The predicted molar refractivity (Wildman–Crippen MR) is 55.4 cm³/mol. The van der Waals surface area contributed by atoms with Crippen LogP contribution >= 0.6 is 11.6 Å². The standard InChI is InChI=1S/C11H11ClO2/c1-6-10(14-2)5-8-7(11(6)12)3-4-9(8)13/h5H,3-4H2,1-2H3. The number of hydrogen-bond donors (Lipinski definition) is 0. The molecule has 3 heteroatoms. The quantitative estimate of drug-likeness (QED) is 0.713. The van der Waals surface area contributed by atoms with Crippen molar-refractivity contribution in [1.82, 2.24) is 0 Å². The molecule has 0 aliphatic heterocycles. The first-order valence-electron chi connectivity index (χ1n) is 4.54. The van der Waals surface area contributed by atoms with Crippen LogP contribution in [0.15, 0.2) is 6.07 Å². The first kappa shape index (κ1) is 9.53. The van der Waals surface area contributed by atoms with E-state index in [4.69, 9.17) is 16.3 Å². The molecule has 74 valence electrons. The average Bonchev–Trinajstić information content (AvgIpc) is 2.54. The molecule has 0 saturated heterocycles. The number of carbonyl (C=O) groups excluding carboxylic acids is 1. The minimum absolute atomic E-state index is 0.167. The second-order valence-electron chi connectivity index (χ2n) is 3.47. The Kier molecular flexibility index (Phi) is 2.23. The molecule has 0 aromatic heterocycles. The largest absolute Gasteiger partial charge is 0.496 e. The van der Waals surface area contributed by atoms with Crippen molar-refractivity contribution >= 4 is 17.4 Å². The van der Waals surface area contributed by atoms with Crippen molar-refractivity contribution in [3.05, 3.63) is 27.8 Å². The molecule has 0 bridgehead atoms. The van der Waals surface area contributed by atoms with Crippen molar-refractivity contribution in [2.24, 2.45) is 0 Å². The summed E-state index contributed by atoms with van der Waals surface area (Å²) >= 11 is 6.16. The van der Waals surface area contributed by atoms with Gasteiger partial charge in [0.1, 0.15) is 5.75 Å². The third-order valence-corrected chi connectivity index (χ3v) is 3.20. The highest BCUT2D eigenvalue weighted by Gasteiger charge is 2.24. The summed E-state index contributed by atoms with van der Waals surface area (Å²) in [5, 5.41) is 0.685. The van der Waals surface area contributed by atoms with Crippen LogP contribution in [-0.4, -0.2) is 12.9 Å². The lowest BCUT2D eigenvalue weighted by molar-refractivity contribution is 0.0994. The fourth-order valence-electron chi connectivity index (χ4n) is 1.86. The maximum atomic E-state index is 11.5. The molecule has 0 radical (unpaired) electrons. The van der Waals surface area contributed by atoms with E-state index in [1.54, 1.807) is 13.2 Å². The number of halogens is 1. The van der Waals surface area contributed by atoms with E-state index in [0.717, 1.165) is 23.1 Å². The van der Waals surface area contributed by atoms with Crippen molar-refractivity contribution < 1.29 is 9.53 Å². The molecule has 0 saturated carbocycles. The van der Waals surface area contributed by atoms with Gasteiger partial charge < -0.3 is 4.74 Å². The summed E-state index contributed by atoms with van der Waals surface area (Å²) in [6.45, 7) is 1.91. The number of rotatable bonds is 1. The number of hydrogen-bond acceptors (Lipinski definition) is 2. The van der Waals surface area contributed by atoms with Crippen LogP contribution in [0.3, 0.4) is 0 Å². The van der Waals surface area contributed by atoms with Gasteiger partial charge in [0.15, 0.2) is 5.78 Å². The minimum atomic E-state index is 0.167. The molecule has 0 spiro atoms. The van der Waals surface area contributed by atoms with Crippen LogP contribution in [0, 0.1) is 6.92 Å². The molecule has 1 aromatic carbocycles. The first-order chi connectivity index (χ1) is 6.65. The highest BCUT2D eigenvalue weighted by molar-refractivity contribution is 6.33. The lowest BCUT2D eigenvalue weighted by atomic mass is 10.1. The summed E-state index contributed by atoms with van der Waals surface area (Å²) < 4.78 is 5.16. The lowest BCUT2D eigenvalue weighted by Crippen LogP contribution is -1.96.